The quantitative estimate of drug-likeness (QED) is 0.606. The average molecular weight is 470 g/mol. The Bertz CT molecular complexity index is 961. The molecule has 30 heavy (non-hydrogen) atoms. The van der Waals surface area contributed by atoms with E-state index in [0.717, 1.165) is 50.0 Å². The van der Waals surface area contributed by atoms with E-state index >= 15 is 0 Å². The van der Waals surface area contributed by atoms with Crippen LogP contribution in [0.4, 0.5) is 0 Å². The molecule has 0 spiro atoms. The number of rotatable bonds is 8. The van der Waals surface area contributed by atoms with Crippen LogP contribution in [0.15, 0.2) is 47.4 Å². The highest BCUT2D eigenvalue weighted by Crippen LogP contribution is 2.33. The third kappa shape index (κ3) is 5.55. The third-order valence-electron chi connectivity index (χ3n) is 6.00. The Morgan fingerprint density at radius 3 is 2.47 bits per heavy atom. The summed E-state index contributed by atoms with van der Waals surface area (Å²) in [6.07, 6.45) is 2.83. The summed E-state index contributed by atoms with van der Waals surface area (Å²) in [6.45, 7) is 3.39. The monoisotopic (exact) mass is 469 g/mol. The van der Waals surface area contributed by atoms with Crippen molar-refractivity contribution >= 4 is 33.2 Å². The summed E-state index contributed by atoms with van der Waals surface area (Å²) in [5.41, 5.74) is 8.06. The molecule has 3 rings (SSSR count). The van der Waals surface area contributed by atoms with E-state index in [9.17, 15) is 8.42 Å². The Balaban J connectivity index is 1.59. The number of halogens is 2. The Morgan fingerprint density at radius 2 is 1.83 bits per heavy atom. The normalized spacial score (nSPS) is 17.2. The molecule has 8 heteroatoms. The van der Waals surface area contributed by atoms with Gasteiger partial charge in [-0.15, -0.1) is 0 Å². The number of piperidine rings is 1. The van der Waals surface area contributed by atoms with Crippen molar-refractivity contribution in [1.82, 2.24) is 9.62 Å². The highest BCUT2D eigenvalue weighted by Gasteiger charge is 2.26. The molecule has 5 nitrogen and oxygen atoms in total. The third-order valence-corrected chi connectivity index (χ3v) is 8.23. The zero-order valence-corrected chi connectivity index (χ0v) is 19.5. The van der Waals surface area contributed by atoms with Crippen LogP contribution in [0.3, 0.4) is 0 Å². The van der Waals surface area contributed by atoms with Crippen molar-refractivity contribution in [2.75, 3.05) is 33.2 Å². The van der Waals surface area contributed by atoms with Gasteiger partial charge in [0.25, 0.3) is 0 Å². The summed E-state index contributed by atoms with van der Waals surface area (Å²) < 4.78 is 27.2. The maximum Gasteiger partial charge on any atom is 0.240 e. The van der Waals surface area contributed by atoms with E-state index in [1.807, 2.05) is 30.3 Å². The minimum absolute atomic E-state index is 0.235. The number of sulfonamides is 1. The largest absolute Gasteiger partial charge is 0.330 e. The molecule has 2 aromatic carbocycles. The van der Waals surface area contributed by atoms with Gasteiger partial charge >= 0.3 is 0 Å². The fourth-order valence-corrected chi connectivity index (χ4v) is 5.49. The lowest BCUT2D eigenvalue weighted by atomic mass is 9.89. The summed E-state index contributed by atoms with van der Waals surface area (Å²) in [7, 11) is -2.00. The second kappa shape index (κ2) is 10.4. The van der Waals surface area contributed by atoms with E-state index < -0.39 is 10.0 Å². The summed E-state index contributed by atoms with van der Waals surface area (Å²) in [5.74, 6) is 0.486. The van der Waals surface area contributed by atoms with Crippen LogP contribution in [0.2, 0.25) is 10.0 Å². The minimum Gasteiger partial charge on any atom is -0.330 e. The summed E-state index contributed by atoms with van der Waals surface area (Å²) in [5, 5.41) is 1.11. The predicted molar refractivity (Wildman–Crippen MR) is 124 cm³/mol. The smallest absolute Gasteiger partial charge is 0.240 e. The van der Waals surface area contributed by atoms with Crippen molar-refractivity contribution in [2.45, 2.75) is 36.0 Å². The van der Waals surface area contributed by atoms with Gasteiger partial charge in [0.2, 0.25) is 10.0 Å². The molecule has 1 aliphatic rings. The molecule has 1 heterocycles. The first kappa shape index (κ1) is 23.5. The van der Waals surface area contributed by atoms with Crippen molar-refractivity contribution in [3.8, 4) is 0 Å². The van der Waals surface area contributed by atoms with E-state index in [4.69, 9.17) is 28.9 Å². The molecule has 0 amide bonds. The van der Waals surface area contributed by atoms with Crippen LogP contribution in [-0.4, -0.2) is 46.5 Å². The Hall–Kier alpha value is -1.15. The van der Waals surface area contributed by atoms with Gasteiger partial charge in [0.05, 0.1) is 14.9 Å². The zero-order chi connectivity index (χ0) is 21.7. The van der Waals surface area contributed by atoms with Gasteiger partial charge in [0.15, 0.2) is 0 Å². The molecule has 1 aliphatic heterocycles. The van der Waals surface area contributed by atoms with Crippen LogP contribution < -0.4 is 10.5 Å². The number of nitrogens with one attached hydrogen (secondary N) is 1. The van der Waals surface area contributed by atoms with Crippen molar-refractivity contribution in [3.05, 3.63) is 63.6 Å². The SMILES string of the molecule is CNS(=O)(=O)c1ccccc1C1CCN(CCC(CN)c2ccc(Cl)c(Cl)c2)CC1. The van der Waals surface area contributed by atoms with Crippen molar-refractivity contribution in [3.63, 3.8) is 0 Å². The van der Waals surface area contributed by atoms with Crippen LogP contribution in [0.1, 0.15) is 42.2 Å². The molecule has 0 saturated carbocycles. The summed E-state index contributed by atoms with van der Waals surface area (Å²) in [6, 6.07) is 13.1. The fraction of sp³-hybridized carbons (Fsp3) is 0.455. The number of likely N-dealkylation sites (tertiary alicyclic amines) is 1. The van der Waals surface area contributed by atoms with Crippen LogP contribution in [0.5, 0.6) is 0 Å². The second-order valence-electron chi connectivity index (χ2n) is 7.76. The van der Waals surface area contributed by atoms with Gasteiger partial charge in [0, 0.05) is 0 Å². The van der Waals surface area contributed by atoms with Gasteiger partial charge in [-0.3, -0.25) is 0 Å². The maximum absolute atomic E-state index is 12.4. The fourth-order valence-electron chi connectivity index (χ4n) is 4.17. The molecule has 1 fully saturated rings. The van der Waals surface area contributed by atoms with Crippen LogP contribution in [0.25, 0.3) is 0 Å². The van der Waals surface area contributed by atoms with E-state index in [2.05, 4.69) is 9.62 Å². The standard InChI is InChI=1S/C22H29Cl2N3O2S/c1-26-30(28,29)22-5-3-2-4-19(22)16-8-11-27(12-9-16)13-10-18(15-25)17-6-7-20(23)21(24)14-17/h2-7,14,16,18,26H,8-13,15,25H2,1H3. The minimum atomic E-state index is -3.45. The molecule has 1 unspecified atom stereocenters. The lowest BCUT2D eigenvalue weighted by Crippen LogP contribution is -2.35. The lowest BCUT2D eigenvalue weighted by molar-refractivity contribution is 0.205. The molecule has 164 valence electrons. The van der Waals surface area contributed by atoms with Crippen molar-refractivity contribution in [2.24, 2.45) is 5.73 Å². The lowest BCUT2D eigenvalue weighted by Gasteiger charge is -2.33. The highest BCUT2D eigenvalue weighted by atomic mass is 35.5. The second-order valence-corrected chi connectivity index (χ2v) is 10.4. The van der Waals surface area contributed by atoms with Gasteiger partial charge < -0.3 is 10.6 Å². The molecular weight excluding hydrogens is 441 g/mol. The first-order chi connectivity index (χ1) is 14.4. The molecule has 0 bridgehead atoms. The molecule has 3 N–H and O–H groups in total. The van der Waals surface area contributed by atoms with Gasteiger partial charge in [-0.2, -0.15) is 0 Å². The molecular formula is C22H29Cl2N3O2S. The van der Waals surface area contributed by atoms with E-state index in [1.54, 1.807) is 12.1 Å². The van der Waals surface area contributed by atoms with Gasteiger partial charge in [0.1, 0.15) is 0 Å². The van der Waals surface area contributed by atoms with E-state index in [-0.39, 0.29) is 11.8 Å². The zero-order valence-electron chi connectivity index (χ0n) is 17.2. The summed E-state index contributed by atoms with van der Waals surface area (Å²) in [4.78, 5) is 2.83. The first-order valence-electron chi connectivity index (χ1n) is 10.3. The number of hydrogen-bond donors (Lipinski definition) is 2. The number of nitrogens with two attached hydrogens (primary N) is 1. The van der Waals surface area contributed by atoms with E-state index in [0.29, 0.717) is 21.5 Å². The van der Waals surface area contributed by atoms with Crippen LogP contribution in [-0.2, 0) is 10.0 Å². The van der Waals surface area contributed by atoms with Crippen LogP contribution in [0, 0.1) is 0 Å². The molecule has 0 radical (unpaired) electrons. The van der Waals surface area contributed by atoms with Crippen molar-refractivity contribution < 1.29 is 8.42 Å². The van der Waals surface area contributed by atoms with Crippen LogP contribution >= 0.6 is 23.2 Å². The Morgan fingerprint density at radius 1 is 1.13 bits per heavy atom. The van der Waals surface area contributed by atoms with Gasteiger partial charge in [-0.25, -0.2) is 13.1 Å². The first-order valence-corrected chi connectivity index (χ1v) is 12.5. The average Bonchev–Trinajstić information content (AvgIpc) is 2.77. The molecule has 1 atom stereocenters. The van der Waals surface area contributed by atoms with Gasteiger partial charge in [-0.1, -0.05) is 47.5 Å². The molecule has 2 aromatic rings. The maximum atomic E-state index is 12.4. The van der Waals surface area contributed by atoms with Gasteiger partial charge in [-0.05, 0) is 93.7 Å². The Labute approximate surface area is 189 Å². The Kier molecular flexibility index (Phi) is 8.18. The predicted octanol–water partition coefficient (Wildman–Crippen LogP) is 4.21. The molecule has 0 aliphatic carbocycles. The topological polar surface area (TPSA) is 75.4 Å². The number of nitrogens with zero attached hydrogens (tertiary/aromatic N) is 1. The number of hydrogen-bond acceptors (Lipinski definition) is 4. The molecule has 1 saturated heterocycles. The number of benzene rings is 2. The summed E-state index contributed by atoms with van der Waals surface area (Å²) >= 11 is 12.2. The molecule has 0 aromatic heterocycles. The van der Waals surface area contributed by atoms with Crippen molar-refractivity contribution in [1.29, 1.82) is 0 Å². The van der Waals surface area contributed by atoms with E-state index in [1.165, 1.54) is 7.05 Å². The highest BCUT2D eigenvalue weighted by molar-refractivity contribution is 7.89.